The number of benzene rings is 2. The second-order valence-electron chi connectivity index (χ2n) is 7.53. The lowest BCUT2D eigenvalue weighted by molar-refractivity contribution is -0.116. The van der Waals surface area contributed by atoms with Gasteiger partial charge < -0.3 is 10.1 Å². The minimum absolute atomic E-state index is 0.00559. The van der Waals surface area contributed by atoms with Crippen molar-refractivity contribution >= 4 is 33.3 Å². The second-order valence-corrected chi connectivity index (χ2v) is 8.54. The van der Waals surface area contributed by atoms with Gasteiger partial charge in [0.05, 0.1) is 22.5 Å². The lowest BCUT2D eigenvalue weighted by atomic mass is 9.85. The molecule has 2 aromatic heterocycles. The van der Waals surface area contributed by atoms with Gasteiger partial charge in [0, 0.05) is 17.9 Å². The summed E-state index contributed by atoms with van der Waals surface area (Å²) in [6.07, 6.45) is 0.417. The van der Waals surface area contributed by atoms with Crippen LogP contribution in [0.1, 0.15) is 41.6 Å². The number of amides is 1. The van der Waals surface area contributed by atoms with E-state index in [0.29, 0.717) is 13.0 Å². The third kappa shape index (κ3) is 3.15. The van der Waals surface area contributed by atoms with Crippen molar-refractivity contribution in [1.29, 1.82) is 0 Å². The number of anilines is 1. The number of aromatic nitrogens is 3. The van der Waals surface area contributed by atoms with Gasteiger partial charge in [-0.25, -0.2) is 4.98 Å². The highest BCUT2D eigenvalue weighted by atomic mass is 32.1. The van der Waals surface area contributed by atoms with Crippen molar-refractivity contribution < 1.29 is 9.53 Å². The van der Waals surface area contributed by atoms with Crippen LogP contribution in [0.5, 0.6) is 5.75 Å². The third-order valence-corrected chi connectivity index (χ3v) is 6.42. The van der Waals surface area contributed by atoms with Crippen LogP contribution in [-0.2, 0) is 4.79 Å². The summed E-state index contributed by atoms with van der Waals surface area (Å²) in [7, 11) is 0. The summed E-state index contributed by atoms with van der Waals surface area (Å²) in [5, 5.41) is 8.53. The van der Waals surface area contributed by atoms with Gasteiger partial charge in [-0.15, -0.1) is 0 Å². The van der Waals surface area contributed by atoms with Crippen LogP contribution in [0.15, 0.2) is 42.5 Å². The molecule has 4 aromatic rings. The van der Waals surface area contributed by atoms with Gasteiger partial charge in [0.1, 0.15) is 11.6 Å². The monoisotopic (exact) mass is 418 g/mol. The maximum atomic E-state index is 12.6. The highest BCUT2D eigenvalue weighted by molar-refractivity contribution is 7.20. The molecule has 0 bridgehead atoms. The SMILES string of the molecule is CCOc1ccc2nc(-n3nc(C)c4c3NC(=O)C[C@H]4c3ccc(C)cc3)sc2c1. The molecular formula is C23H22N4O2S. The van der Waals surface area contributed by atoms with E-state index in [-0.39, 0.29) is 11.8 Å². The predicted molar refractivity (Wildman–Crippen MR) is 119 cm³/mol. The van der Waals surface area contributed by atoms with Gasteiger partial charge in [0.15, 0.2) is 0 Å². The summed E-state index contributed by atoms with van der Waals surface area (Å²) < 4.78 is 8.40. The van der Waals surface area contributed by atoms with Crippen LogP contribution in [0.4, 0.5) is 5.82 Å². The van der Waals surface area contributed by atoms with E-state index in [1.807, 2.05) is 32.0 Å². The van der Waals surface area contributed by atoms with Crippen molar-refractivity contribution in [3.63, 3.8) is 0 Å². The standard InChI is InChI=1S/C23H22N4O2S/c1-4-29-16-9-10-18-19(11-16)30-23(24-18)27-22-21(14(3)26-27)17(12-20(28)25-22)15-7-5-13(2)6-8-15/h5-11,17H,4,12H2,1-3H3,(H,25,28)/t17-/m0/s1. The van der Waals surface area contributed by atoms with Crippen molar-refractivity contribution in [2.24, 2.45) is 0 Å². The number of nitrogens with one attached hydrogen (secondary N) is 1. The summed E-state index contributed by atoms with van der Waals surface area (Å²) in [4.78, 5) is 17.3. The van der Waals surface area contributed by atoms with Gasteiger partial charge in [0.2, 0.25) is 11.0 Å². The molecule has 0 unspecified atom stereocenters. The molecule has 152 valence electrons. The van der Waals surface area contributed by atoms with Crippen molar-refractivity contribution in [2.45, 2.75) is 33.1 Å². The summed E-state index contributed by atoms with van der Waals surface area (Å²) in [5.41, 5.74) is 5.19. The van der Waals surface area contributed by atoms with Crippen LogP contribution in [0.3, 0.4) is 0 Å². The molecule has 0 saturated heterocycles. The molecule has 0 radical (unpaired) electrons. The van der Waals surface area contributed by atoms with Crippen LogP contribution in [0, 0.1) is 13.8 Å². The molecule has 2 aromatic carbocycles. The molecule has 3 heterocycles. The lowest BCUT2D eigenvalue weighted by Crippen LogP contribution is -2.24. The molecule has 0 saturated carbocycles. The van der Waals surface area contributed by atoms with Gasteiger partial charge in [-0.3, -0.25) is 4.79 Å². The largest absolute Gasteiger partial charge is 0.494 e. The van der Waals surface area contributed by atoms with E-state index in [9.17, 15) is 4.79 Å². The molecule has 30 heavy (non-hydrogen) atoms. The van der Waals surface area contributed by atoms with Crippen LogP contribution < -0.4 is 10.1 Å². The molecule has 5 rings (SSSR count). The summed E-state index contributed by atoms with van der Waals surface area (Å²) in [6, 6.07) is 14.3. The molecule has 1 amide bonds. The topological polar surface area (TPSA) is 69.0 Å². The molecule has 0 fully saturated rings. The van der Waals surface area contributed by atoms with Crippen LogP contribution in [0.25, 0.3) is 15.3 Å². The minimum atomic E-state index is -0.0120. The number of carbonyl (C=O) groups is 1. The molecule has 0 spiro atoms. The van der Waals surface area contributed by atoms with Crippen LogP contribution >= 0.6 is 11.3 Å². The van der Waals surface area contributed by atoms with Crippen molar-refractivity contribution in [1.82, 2.24) is 14.8 Å². The first-order valence-electron chi connectivity index (χ1n) is 10.0. The highest BCUT2D eigenvalue weighted by Gasteiger charge is 2.33. The first-order chi connectivity index (χ1) is 14.5. The summed E-state index contributed by atoms with van der Waals surface area (Å²) >= 11 is 1.53. The van der Waals surface area contributed by atoms with Crippen molar-refractivity contribution in [3.8, 4) is 10.9 Å². The van der Waals surface area contributed by atoms with Gasteiger partial charge >= 0.3 is 0 Å². The predicted octanol–water partition coefficient (Wildman–Crippen LogP) is 4.97. The zero-order valence-electron chi connectivity index (χ0n) is 17.1. The van der Waals surface area contributed by atoms with E-state index >= 15 is 0 Å². The van der Waals surface area contributed by atoms with E-state index in [4.69, 9.17) is 14.8 Å². The lowest BCUT2D eigenvalue weighted by Gasteiger charge is -2.24. The van der Waals surface area contributed by atoms with E-state index < -0.39 is 0 Å². The number of fused-ring (bicyclic) bond motifs is 2. The quantitative estimate of drug-likeness (QED) is 0.508. The average molecular weight is 419 g/mol. The van der Waals surface area contributed by atoms with E-state index in [2.05, 4.69) is 36.5 Å². The minimum Gasteiger partial charge on any atom is -0.494 e. The van der Waals surface area contributed by atoms with Crippen LogP contribution in [-0.4, -0.2) is 27.3 Å². The number of ether oxygens (including phenoxy) is 1. The Hall–Kier alpha value is -3.19. The van der Waals surface area contributed by atoms with Gasteiger partial charge in [-0.2, -0.15) is 9.78 Å². The number of hydrogen-bond donors (Lipinski definition) is 1. The first kappa shape index (κ1) is 18.8. The van der Waals surface area contributed by atoms with E-state index in [0.717, 1.165) is 43.7 Å². The zero-order valence-corrected chi connectivity index (χ0v) is 17.9. The molecular weight excluding hydrogens is 396 g/mol. The number of nitrogens with zero attached hydrogens (tertiary/aromatic N) is 3. The Labute approximate surface area is 178 Å². The molecule has 1 aliphatic heterocycles. The highest BCUT2D eigenvalue weighted by Crippen LogP contribution is 2.41. The number of carbonyl (C=O) groups excluding carboxylic acids is 1. The van der Waals surface area contributed by atoms with E-state index in [1.54, 1.807) is 4.68 Å². The fourth-order valence-electron chi connectivity index (χ4n) is 4.01. The van der Waals surface area contributed by atoms with Crippen LogP contribution in [0.2, 0.25) is 0 Å². The fraction of sp³-hybridized carbons (Fsp3) is 0.261. The molecule has 1 atom stereocenters. The number of aryl methyl sites for hydroxylation is 2. The Bertz CT molecular complexity index is 1260. The Morgan fingerprint density at radius 2 is 2.00 bits per heavy atom. The Kier molecular flexibility index (Phi) is 4.55. The molecule has 6 nitrogen and oxygen atoms in total. The van der Waals surface area contributed by atoms with Gasteiger partial charge in [0.25, 0.3) is 0 Å². The molecule has 0 aliphatic carbocycles. The number of thiazole rings is 1. The summed E-state index contributed by atoms with van der Waals surface area (Å²) in [6.45, 7) is 6.65. The van der Waals surface area contributed by atoms with Gasteiger partial charge in [-0.1, -0.05) is 41.2 Å². The number of rotatable bonds is 4. The first-order valence-corrected chi connectivity index (χ1v) is 10.8. The Balaban J connectivity index is 1.61. The molecule has 1 N–H and O–H groups in total. The average Bonchev–Trinajstić information content (AvgIpc) is 3.29. The smallest absolute Gasteiger partial charge is 0.226 e. The second kappa shape index (κ2) is 7.25. The fourth-order valence-corrected chi connectivity index (χ4v) is 4.96. The Morgan fingerprint density at radius 3 is 2.77 bits per heavy atom. The maximum Gasteiger partial charge on any atom is 0.226 e. The summed E-state index contributed by atoms with van der Waals surface area (Å²) in [5.74, 6) is 1.53. The van der Waals surface area contributed by atoms with Gasteiger partial charge in [-0.05, 0) is 44.5 Å². The van der Waals surface area contributed by atoms with E-state index in [1.165, 1.54) is 16.9 Å². The third-order valence-electron chi connectivity index (χ3n) is 5.42. The molecule has 7 heteroatoms. The zero-order chi connectivity index (χ0) is 20.8. The molecule has 1 aliphatic rings. The van der Waals surface area contributed by atoms with Crippen molar-refractivity contribution in [2.75, 3.05) is 11.9 Å². The van der Waals surface area contributed by atoms with Crippen molar-refractivity contribution in [3.05, 3.63) is 64.8 Å². The number of hydrogen-bond acceptors (Lipinski definition) is 5. The normalized spacial score (nSPS) is 15.8. The Morgan fingerprint density at radius 1 is 1.20 bits per heavy atom. The maximum absolute atomic E-state index is 12.6.